The van der Waals surface area contributed by atoms with Gasteiger partial charge < -0.3 is 9.64 Å². The van der Waals surface area contributed by atoms with E-state index < -0.39 is 17.7 Å². The smallest absolute Gasteiger partial charge is 0.306 e. The average molecular weight is 305 g/mol. The number of Topliss-reactive ketones (excluding diaryl/α,β-unsaturated/α-hetero) is 1. The summed E-state index contributed by atoms with van der Waals surface area (Å²) < 4.78 is 19.1. The number of esters is 1. The number of ketones is 1. The van der Waals surface area contributed by atoms with Gasteiger partial charge in [-0.1, -0.05) is 0 Å². The van der Waals surface area contributed by atoms with E-state index in [0.717, 1.165) is 6.42 Å². The largest absolute Gasteiger partial charge is 0.469 e. The number of anilines is 1. The first-order valence-electron chi connectivity index (χ1n) is 7.25. The first-order chi connectivity index (χ1) is 10.5. The summed E-state index contributed by atoms with van der Waals surface area (Å²) in [6.45, 7) is 0.539. The molecule has 0 bridgehead atoms. The zero-order valence-corrected chi connectivity index (χ0v) is 12.2. The van der Waals surface area contributed by atoms with E-state index in [-0.39, 0.29) is 35.7 Å². The molecular weight excluding hydrogens is 289 g/mol. The molecule has 3 rings (SSSR count). The Kier molecular flexibility index (Phi) is 3.68. The van der Waals surface area contributed by atoms with Crippen LogP contribution in [0.15, 0.2) is 12.1 Å². The minimum atomic E-state index is -0.535. The number of hydrogen-bond donors (Lipinski definition) is 0. The van der Waals surface area contributed by atoms with E-state index in [1.807, 2.05) is 0 Å². The number of ether oxygens (including phenoxy) is 1. The fourth-order valence-electron chi connectivity index (χ4n) is 3.22. The Hall–Kier alpha value is -2.24. The van der Waals surface area contributed by atoms with Gasteiger partial charge in [0.15, 0.2) is 5.78 Å². The van der Waals surface area contributed by atoms with Crippen molar-refractivity contribution in [3.8, 4) is 0 Å². The van der Waals surface area contributed by atoms with Crippen LogP contribution >= 0.6 is 0 Å². The van der Waals surface area contributed by atoms with E-state index in [2.05, 4.69) is 4.74 Å². The molecule has 0 radical (unpaired) electrons. The number of halogens is 1. The lowest BCUT2D eigenvalue weighted by Crippen LogP contribution is -2.24. The van der Waals surface area contributed by atoms with Crippen molar-refractivity contribution in [1.29, 1.82) is 0 Å². The summed E-state index contributed by atoms with van der Waals surface area (Å²) in [5.41, 5.74) is 0.972. The summed E-state index contributed by atoms with van der Waals surface area (Å²) >= 11 is 0. The van der Waals surface area contributed by atoms with E-state index in [1.54, 1.807) is 6.07 Å². The quantitative estimate of drug-likeness (QED) is 0.803. The molecule has 1 unspecified atom stereocenters. The maximum Gasteiger partial charge on any atom is 0.306 e. The normalized spacial score (nSPS) is 20.5. The summed E-state index contributed by atoms with van der Waals surface area (Å²) in [6, 6.07) is 2.85. The molecule has 1 saturated heterocycles. The van der Waals surface area contributed by atoms with Gasteiger partial charge in [0.25, 0.3) is 0 Å². The van der Waals surface area contributed by atoms with Crippen molar-refractivity contribution in [2.24, 2.45) is 0 Å². The molecule has 6 heteroatoms. The number of amides is 1. The van der Waals surface area contributed by atoms with Crippen molar-refractivity contribution in [3.05, 3.63) is 29.1 Å². The van der Waals surface area contributed by atoms with Crippen LogP contribution in [0.2, 0.25) is 0 Å². The second-order valence-corrected chi connectivity index (χ2v) is 5.64. The topological polar surface area (TPSA) is 63.7 Å². The third-order valence-electron chi connectivity index (χ3n) is 4.28. The van der Waals surface area contributed by atoms with E-state index in [4.69, 9.17) is 0 Å². The number of hydrogen-bond acceptors (Lipinski definition) is 4. The van der Waals surface area contributed by atoms with Gasteiger partial charge in [-0.2, -0.15) is 0 Å². The van der Waals surface area contributed by atoms with Gasteiger partial charge in [0, 0.05) is 42.1 Å². The average Bonchev–Trinajstić information content (AvgIpc) is 3.03. The zero-order valence-electron chi connectivity index (χ0n) is 12.2. The standard InChI is InChI=1S/C16H16FNO4/c1-22-15(21)6-9-5-13(19)11-7-10(8-12(17)16(9)11)18-4-2-3-14(18)20/h7-9H,2-6H2,1H3. The Morgan fingerprint density at radius 3 is 2.82 bits per heavy atom. The van der Waals surface area contributed by atoms with Gasteiger partial charge in [-0.3, -0.25) is 14.4 Å². The highest BCUT2D eigenvalue weighted by Crippen LogP contribution is 2.40. The summed E-state index contributed by atoms with van der Waals surface area (Å²) in [7, 11) is 1.26. The SMILES string of the molecule is COC(=O)CC1CC(=O)c2cc(N3CCCC3=O)cc(F)c21. The van der Waals surface area contributed by atoms with Gasteiger partial charge >= 0.3 is 5.97 Å². The minimum Gasteiger partial charge on any atom is -0.469 e. The maximum atomic E-state index is 14.5. The Labute approximate surface area is 127 Å². The first-order valence-corrected chi connectivity index (χ1v) is 7.25. The summed E-state index contributed by atoms with van der Waals surface area (Å²) in [5.74, 6) is -1.75. The fourth-order valence-corrected chi connectivity index (χ4v) is 3.22. The molecule has 1 amide bonds. The molecule has 22 heavy (non-hydrogen) atoms. The first kappa shape index (κ1) is 14.7. The van der Waals surface area contributed by atoms with Gasteiger partial charge in [-0.25, -0.2) is 4.39 Å². The molecule has 1 aliphatic heterocycles. The molecule has 1 aromatic rings. The van der Waals surface area contributed by atoms with Crippen LogP contribution in [0, 0.1) is 5.82 Å². The predicted octanol–water partition coefficient (Wildman–Crippen LogP) is 2.19. The van der Waals surface area contributed by atoms with Crippen LogP contribution in [0.4, 0.5) is 10.1 Å². The number of carbonyl (C=O) groups excluding carboxylic acids is 3. The number of rotatable bonds is 3. The van der Waals surface area contributed by atoms with E-state index >= 15 is 0 Å². The Morgan fingerprint density at radius 1 is 1.41 bits per heavy atom. The van der Waals surface area contributed by atoms with Gasteiger partial charge in [0.1, 0.15) is 5.82 Å². The van der Waals surface area contributed by atoms with Gasteiger partial charge in [0.05, 0.1) is 13.5 Å². The fraction of sp³-hybridized carbons (Fsp3) is 0.438. The molecule has 0 saturated carbocycles. The summed E-state index contributed by atoms with van der Waals surface area (Å²) in [5, 5.41) is 0. The number of benzene rings is 1. The lowest BCUT2D eigenvalue weighted by atomic mass is 9.97. The van der Waals surface area contributed by atoms with Crippen molar-refractivity contribution in [2.45, 2.75) is 31.6 Å². The molecule has 1 atom stereocenters. The predicted molar refractivity (Wildman–Crippen MR) is 76.3 cm³/mol. The monoisotopic (exact) mass is 305 g/mol. The third-order valence-corrected chi connectivity index (χ3v) is 4.28. The second-order valence-electron chi connectivity index (χ2n) is 5.64. The molecule has 2 aliphatic rings. The molecule has 5 nitrogen and oxygen atoms in total. The molecule has 1 aromatic carbocycles. The Balaban J connectivity index is 1.97. The van der Waals surface area contributed by atoms with Crippen LogP contribution in [-0.2, 0) is 14.3 Å². The molecule has 0 aromatic heterocycles. The van der Waals surface area contributed by atoms with Crippen molar-refractivity contribution in [2.75, 3.05) is 18.6 Å². The van der Waals surface area contributed by atoms with Crippen LogP contribution < -0.4 is 4.90 Å². The molecule has 116 valence electrons. The van der Waals surface area contributed by atoms with Crippen LogP contribution in [0.1, 0.15) is 47.5 Å². The summed E-state index contributed by atoms with van der Waals surface area (Å²) in [6.07, 6.45) is 1.25. The highest BCUT2D eigenvalue weighted by molar-refractivity contribution is 6.04. The van der Waals surface area contributed by atoms with Crippen molar-refractivity contribution >= 4 is 23.3 Å². The minimum absolute atomic E-state index is 0.0197. The number of carbonyl (C=O) groups is 3. The van der Waals surface area contributed by atoms with Gasteiger partial charge in [-0.05, 0) is 18.6 Å². The number of nitrogens with zero attached hydrogens (tertiary/aromatic N) is 1. The van der Waals surface area contributed by atoms with E-state index in [1.165, 1.54) is 18.1 Å². The van der Waals surface area contributed by atoms with E-state index in [9.17, 15) is 18.8 Å². The second kappa shape index (κ2) is 5.51. The molecule has 1 aliphatic carbocycles. The van der Waals surface area contributed by atoms with Crippen LogP contribution in [0.5, 0.6) is 0 Å². The maximum absolute atomic E-state index is 14.5. The van der Waals surface area contributed by atoms with Crippen molar-refractivity contribution < 1.29 is 23.5 Å². The highest BCUT2D eigenvalue weighted by atomic mass is 19.1. The lowest BCUT2D eigenvalue weighted by Gasteiger charge is -2.18. The van der Waals surface area contributed by atoms with Gasteiger partial charge in [-0.15, -0.1) is 0 Å². The van der Waals surface area contributed by atoms with Crippen LogP contribution in [-0.4, -0.2) is 31.3 Å². The highest BCUT2D eigenvalue weighted by Gasteiger charge is 2.35. The molecular formula is C16H16FNO4. The summed E-state index contributed by atoms with van der Waals surface area (Å²) in [4.78, 5) is 36.8. The lowest BCUT2D eigenvalue weighted by molar-refractivity contribution is -0.141. The molecule has 0 N–H and O–H groups in total. The van der Waals surface area contributed by atoms with Crippen molar-refractivity contribution in [3.63, 3.8) is 0 Å². The molecule has 1 heterocycles. The third kappa shape index (κ3) is 2.38. The zero-order chi connectivity index (χ0) is 15.9. The van der Waals surface area contributed by atoms with Crippen LogP contribution in [0.3, 0.4) is 0 Å². The number of methoxy groups -OCH3 is 1. The van der Waals surface area contributed by atoms with E-state index in [0.29, 0.717) is 18.7 Å². The van der Waals surface area contributed by atoms with Gasteiger partial charge in [0.2, 0.25) is 5.91 Å². The van der Waals surface area contributed by atoms with Crippen molar-refractivity contribution in [1.82, 2.24) is 0 Å². The molecule has 0 spiro atoms. The Morgan fingerprint density at radius 2 is 2.18 bits per heavy atom. The Bertz CT molecular complexity index is 670. The molecule has 1 fully saturated rings. The van der Waals surface area contributed by atoms with Crippen LogP contribution in [0.25, 0.3) is 0 Å². The number of fused-ring (bicyclic) bond motifs is 1.